The van der Waals surface area contributed by atoms with Gasteiger partial charge in [-0.15, -0.1) is 0 Å². The lowest BCUT2D eigenvalue weighted by atomic mass is 10.1. The molecule has 172 valence electrons. The number of hydrogen-bond acceptors (Lipinski definition) is 9. The van der Waals surface area contributed by atoms with E-state index in [0.717, 1.165) is 5.69 Å². The highest BCUT2D eigenvalue weighted by Crippen LogP contribution is 2.12. The third kappa shape index (κ3) is 5.92. The van der Waals surface area contributed by atoms with Gasteiger partial charge in [0.1, 0.15) is 18.2 Å². The number of nitrogens with zero attached hydrogens (tertiary/aromatic N) is 1. The van der Waals surface area contributed by atoms with Gasteiger partial charge in [0.15, 0.2) is 5.96 Å². The van der Waals surface area contributed by atoms with Crippen molar-refractivity contribution in [2.45, 2.75) is 37.1 Å². The van der Waals surface area contributed by atoms with Crippen molar-refractivity contribution < 1.29 is 29.4 Å². The second-order valence-electron chi connectivity index (χ2n) is 7.45. The van der Waals surface area contributed by atoms with E-state index >= 15 is 0 Å². The molecule has 2 aliphatic heterocycles. The Morgan fingerprint density at radius 3 is 2.59 bits per heavy atom. The molecular weight excluding hydrogens is 422 g/mol. The molecule has 4 atom stereocenters. The Morgan fingerprint density at radius 2 is 1.94 bits per heavy atom. The predicted molar refractivity (Wildman–Crippen MR) is 113 cm³/mol. The van der Waals surface area contributed by atoms with Crippen molar-refractivity contribution in [2.75, 3.05) is 18.4 Å². The predicted octanol–water partition coefficient (Wildman–Crippen LogP) is -2.15. The van der Waals surface area contributed by atoms with Crippen LogP contribution in [-0.2, 0) is 14.4 Å². The fourth-order valence-corrected chi connectivity index (χ4v) is 3.39. The van der Waals surface area contributed by atoms with Crippen LogP contribution in [0.2, 0.25) is 0 Å². The smallest absolute Gasteiger partial charge is 0.326 e. The van der Waals surface area contributed by atoms with E-state index in [2.05, 4.69) is 31.6 Å². The van der Waals surface area contributed by atoms with E-state index in [1.807, 2.05) is 0 Å². The normalized spacial score (nSPS) is 23.2. The molecule has 0 bridgehead atoms. The van der Waals surface area contributed by atoms with E-state index in [9.17, 15) is 19.2 Å². The number of carboxylic acid groups (broad SMARTS) is 2. The molecule has 3 rings (SSSR count). The molecule has 32 heavy (non-hydrogen) atoms. The average Bonchev–Trinajstić information content (AvgIpc) is 2.75. The van der Waals surface area contributed by atoms with Crippen molar-refractivity contribution >= 4 is 35.4 Å². The van der Waals surface area contributed by atoms with E-state index in [1.165, 1.54) is 12.1 Å². The zero-order valence-electron chi connectivity index (χ0n) is 17.0. The molecule has 1 saturated heterocycles. The Morgan fingerprint density at radius 1 is 1.22 bits per heavy atom. The van der Waals surface area contributed by atoms with Gasteiger partial charge in [-0.2, -0.15) is 0 Å². The average molecular weight is 447 g/mol. The Balaban J connectivity index is 1.50. The number of guanidine groups is 1. The fourth-order valence-electron chi connectivity index (χ4n) is 3.39. The summed E-state index contributed by atoms with van der Waals surface area (Å²) >= 11 is 0. The first kappa shape index (κ1) is 23.0. The first-order chi connectivity index (χ1) is 15.2. The van der Waals surface area contributed by atoms with Gasteiger partial charge in [0.05, 0.1) is 0 Å². The third-order valence-corrected chi connectivity index (χ3v) is 5.07. The molecule has 9 N–H and O–H groups in total. The summed E-state index contributed by atoms with van der Waals surface area (Å²) < 4.78 is 0. The number of benzene rings is 1. The van der Waals surface area contributed by atoms with Crippen molar-refractivity contribution in [3.8, 4) is 0 Å². The molecule has 2 heterocycles. The number of piperazine rings is 1. The molecular formula is C19H25N7O6. The molecule has 0 aliphatic carbocycles. The zero-order chi connectivity index (χ0) is 23.3. The van der Waals surface area contributed by atoms with E-state index in [1.54, 1.807) is 12.1 Å². The highest BCUT2D eigenvalue weighted by atomic mass is 16.4. The summed E-state index contributed by atoms with van der Waals surface area (Å²) in [6.07, 6.45) is -0.994. The van der Waals surface area contributed by atoms with Crippen LogP contribution < -0.4 is 32.3 Å². The lowest BCUT2D eigenvalue weighted by Gasteiger charge is -2.37. The second-order valence-corrected chi connectivity index (χ2v) is 7.45. The van der Waals surface area contributed by atoms with Crippen LogP contribution in [0.3, 0.4) is 0 Å². The first-order valence-corrected chi connectivity index (χ1v) is 9.96. The van der Waals surface area contributed by atoms with E-state index in [4.69, 9.17) is 15.9 Å². The summed E-state index contributed by atoms with van der Waals surface area (Å²) in [7, 11) is 0. The first-order valence-electron chi connectivity index (χ1n) is 9.96. The third-order valence-electron chi connectivity index (χ3n) is 5.07. The molecule has 0 radical (unpaired) electrons. The number of rotatable bonds is 9. The van der Waals surface area contributed by atoms with Crippen LogP contribution in [0, 0.1) is 0 Å². The highest BCUT2D eigenvalue weighted by molar-refractivity contribution is 6.01. The molecule has 0 spiro atoms. The van der Waals surface area contributed by atoms with Gasteiger partial charge in [-0.25, -0.2) is 9.79 Å². The molecule has 4 unspecified atom stereocenters. The SMILES string of the molecule is NC1=NC2NCC(CNc3ccc(C(=O)NC(CCC(=O)O)C(=O)O)cc3)NC2C(=O)N1. The van der Waals surface area contributed by atoms with Crippen molar-refractivity contribution in [1.82, 2.24) is 21.3 Å². The Bertz CT molecular complexity index is 919. The fraction of sp³-hybridized carbons (Fsp3) is 0.421. The maximum Gasteiger partial charge on any atom is 0.326 e. The number of carbonyl (C=O) groups excluding carboxylic acids is 2. The van der Waals surface area contributed by atoms with Crippen LogP contribution in [0.1, 0.15) is 23.2 Å². The summed E-state index contributed by atoms with van der Waals surface area (Å²) in [5.74, 6) is -3.21. The lowest BCUT2D eigenvalue weighted by molar-refractivity contribution is -0.140. The van der Waals surface area contributed by atoms with Gasteiger partial charge in [-0.05, 0) is 30.7 Å². The molecule has 0 aromatic heterocycles. The van der Waals surface area contributed by atoms with Crippen molar-refractivity contribution in [3.63, 3.8) is 0 Å². The number of carbonyl (C=O) groups is 4. The van der Waals surface area contributed by atoms with Crippen LogP contribution in [-0.4, -0.2) is 77.3 Å². The van der Waals surface area contributed by atoms with Crippen LogP contribution >= 0.6 is 0 Å². The Kier molecular flexibility index (Phi) is 7.22. The number of anilines is 1. The monoisotopic (exact) mass is 447 g/mol. The molecule has 2 aliphatic rings. The number of hydrogen-bond donors (Lipinski definition) is 8. The van der Waals surface area contributed by atoms with E-state index in [0.29, 0.717) is 13.1 Å². The van der Waals surface area contributed by atoms with Crippen LogP contribution in [0.5, 0.6) is 0 Å². The van der Waals surface area contributed by atoms with Gasteiger partial charge < -0.3 is 26.6 Å². The van der Waals surface area contributed by atoms with E-state index in [-0.39, 0.29) is 36.3 Å². The van der Waals surface area contributed by atoms with Gasteiger partial charge in [-0.1, -0.05) is 0 Å². The Hall–Kier alpha value is -3.71. The van der Waals surface area contributed by atoms with Gasteiger partial charge in [0, 0.05) is 36.8 Å². The molecule has 1 aromatic carbocycles. The van der Waals surface area contributed by atoms with Crippen LogP contribution in [0.4, 0.5) is 5.69 Å². The summed E-state index contributed by atoms with van der Waals surface area (Å²) in [6.45, 7) is 1.05. The van der Waals surface area contributed by atoms with Gasteiger partial charge in [0.2, 0.25) is 5.91 Å². The van der Waals surface area contributed by atoms with Gasteiger partial charge in [0.25, 0.3) is 5.91 Å². The minimum atomic E-state index is -1.30. The summed E-state index contributed by atoms with van der Waals surface area (Å²) in [5.41, 5.74) is 6.53. The lowest BCUT2D eigenvalue weighted by Crippen LogP contribution is -2.69. The topological polar surface area (TPSA) is 207 Å². The standard InChI is InChI=1S/C19H25N7O6/c20-19-25-15-14(17(30)26-19)23-11(8-22-15)7-21-10-3-1-9(2-4-10)16(29)24-12(18(31)32)5-6-13(27)28/h1-4,11-12,14-15,21-23H,5-8H2,(H,24,29)(H,27,28)(H,31,32)(H3,20,25,26,30). The number of nitrogens with two attached hydrogens (primary N) is 1. The number of nitrogens with one attached hydrogen (secondary N) is 5. The second kappa shape index (κ2) is 10.1. The number of amides is 2. The molecule has 13 heteroatoms. The largest absolute Gasteiger partial charge is 0.481 e. The van der Waals surface area contributed by atoms with Crippen LogP contribution in [0.25, 0.3) is 0 Å². The molecule has 13 nitrogen and oxygen atoms in total. The van der Waals surface area contributed by atoms with Crippen molar-refractivity contribution in [1.29, 1.82) is 0 Å². The number of carboxylic acids is 2. The summed E-state index contributed by atoms with van der Waals surface area (Å²) in [6, 6.07) is 4.51. The zero-order valence-corrected chi connectivity index (χ0v) is 17.0. The number of fused-ring (bicyclic) bond motifs is 1. The van der Waals surface area contributed by atoms with Crippen LogP contribution in [0.15, 0.2) is 29.3 Å². The Labute approximate surface area is 182 Å². The van der Waals surface area contributed by atoms with Gasteiger partial charge in [-0.3, -0.25) is 30.3 Å². The summed E-state index contributed by atoms with van der Waals surface area (Å²) in [4.78, 5) is 50.4. The quantitative estimate of drug-likeness (QED) is 0.206. The maximum atomic E-state index is 12.3. The molecule has 0 saturated carbocycles. The maximum absolute atomic E-state index is 12.3. The summed E-state index contributed by atoms with van der Waals surface area (Å²) in [5, 5.41) is 32.3. The number of aliphatic imine (C=N–C) groups is 1. The van der Waals surface area contributed by atoms with Crippen molar-refractivity contribution in [2.24, 2.45) is 10.7 Å². The van der Waals surface area contributed by atoms with Gasteiger partial charge >= 0.3 is 11.9 Å². The number of aliphatic carboxylic acids is 2. The molecule has 1 fully saturated rings. The van der Waals surface area contributed by atoms with Crippen molar-refractivity contribution in [3.05, 3.63) is 29.8 Å². The highest BCUT2D eigenvalue weighted by Gasteiger charge is 2.37. The molecule has 1 aromatic rings. The minimum absolute atomic E-state index is 0.0648. The molecule has 2 amide bonds. The van der Waals surface area contributed by atoms with E-state index < -0.39 is 36.1 Å². The minimum Gasteiger partial charge on any atom is -0.481 e.